The Hall–Kier alpha value is -0.0800. The van der Waals surface area contributed by atoms with E-state index in [2.05, 4.69) is 37.9 Å². The van der Waals surface area contributed by atoms with Gasteiger partial charge in [-0.1, -0.05) is 34.1 Å². The summed E-state index contributed by atoms with van der Waals surface area (Å²) in [5.41, 5.74) is 0.453. The predicted molar refractivity (Wildman–Crippen MR) is 81.0 cm³/mol. The maximum atomic E-state index is 3.63. The Balaban J connectivity index is 2.40. The third-order valence-corrected chi connectivity index (χ3v) is 4.10. The molecule has 1 rings (SSSR count). The van der Waals surface area contributed by atoms with E-state index in [1.54, 1.807) is 0 Å². The van der Waals surface area contributed by atoms with Gasteiger partial charge in [0, 0.05) is 19.6 Å². The minimum absolute atomic E-state index is 0.453. The summed E-state index contributed by atoms with van der Waals surface area (Å²) >= 11 is 0. The molecule has 0 aromatic heterocycles. The van der Waals surface area contributed by atoms with Crippen LogP contribution in [0.15, 0.2) is 0 Å². The molecule has 0 saturated heterocycles. The zero-order chi connectivity index (χ0) is 13.4. The summed E-state index contributed by atoms with van der Waals surface area (Å²) in [5, 5.41) is 3.63. The second-order valence-electron chi connectivity index (χ2n) is 6.51. The van der Waals surface area contributed by atoms with Gasteiger partial charge < -0.3 is 10.2 Å². The molecule has 0 heterocycles. The van der Waals surface area contributed by atoms with E-state index in [-0.39, 0.29) is 0 Å². The van der Waals surface area contributed by atoms with Crippen molar-refractivity contribution in [2.45, 2.75) is 59.8 Å². The molecule has 0 aromatic rings. The van der Waals surface area contributed by atoms with Crippen molar-refractivity contribution in [3.63, 3.8) is 0 Å². The average Bonchev–Trinajstić information content (AvgIpc) is 3.13. The molecule has 2 nitrogen and oxygen atoms in total. The molecule has 0 aliphatic heterocycles. The van der Waals surface area contributed by atoms with E-state index in [9.17, 15) is 0 Å². The highest BCUT2D eigenvalue weighted by Crippen LogP contribution is 2.31. The first-order valence-electron chi connectivity index (χ1n) is 8.06. The molecule has 1 N–H and O–H groups in total. The highest BCUT2D eigenvalue weighted by atomic mass is 15.1. The highest BCUT2D eigenvalue weighted by molar-refractivity contribution is 4.83. The second kappa shape index (κ2) is 8.16. The van der Waals surface area contributed by atoms with Crippen molar-refractivity contribution in [2.75, 3.05) is 32.7 Å². The van der Waals surface area contributed by atoms with Gasteiger partial charge in [0.15, 0.2) is 0 Å². The predicted octanol–water partition coefficient (Wildman–Crippen LogP) is 3.52. The van der Waals surface area contributed by atoms with Crippen LogP contribution in [0, 0.1) is 11.3 Å². The minimum atomic E-state index is 0.453. The molecule has 0 bridgehead atoms. The molecule has 0 spiro atoms. The third kappa shape index (κ3) is 6.19. The molecule has 1 atom stereocenters. The maximum absolute atomic E-state index is 3.63. The quantitative estimate of drug-likeness (QED) is 0.568. The van der Waals surface area contributed by atoms with Crippen molar-refractivity contribution >= 4 is 0 Å². The fraction of sp³-hybridized carbons (Fsp3) is 1.00. The standard InChI is InChI=1S/C16H34N2/c1-5-10-16(4,13-17-11-6-2)14-18(7-3)12-15-8-9-15/h15,17H,5-14H2,1-4H3. The molecule has 1 aliphatic carbocycles. The molecule has 1 fully saturated rings. The molecular weight excluding hydrogens is 220 g/mol. The molecule has 108 valence electrons. The summed E-state index contributed by atoms with van der Waals surface area (Å²) in [6.45, 7) is 15.5. The number of nitrogens with zero attached hydrogens (tertiary/aromatic N) is 1. The van der Waals surface area contributed by atoms with Crippen molar-refractivity contribution < 1.29 is 0 Å². The fourth-order valence-corrected chi connectivity index (χ4v) is 2.90. The summed E-state index contributed by atoms with van der Waals surface area (Å²) < 4.78 is 0. The van der Waals surface area contributed by atoms with Crippen LogP contribution < -0.4 is 5.32 Å². The van der Waals surface area contributed by atoms with E-state index >= 15 is 0 Å². The van der Waals surface area contributed by atoms with Crippen LogP contribution in [0.2, 0.25) is 0 Å². The summed E-state index contributed by atoms with van der Waals surface area (Å²) in [4.78, 5) is 2.68. The van der Waals surface area contributed by atoms with Crippen molar-refractivity contribution in [1.29, 1.82) is 0 Å². The zero-order valence-corrected chi connectivity index (χ0v) is 13.1. The first-order valence-corrected chi connectivity index (χ1v) is 8.06. The van der Waals surface area contributed by atoms with Crippen molar-refractivity contribution in [1.82, 2.24) is 10.2 Å². The van der Waals surface area contributed by atoms with Crippen LogP contribution in [0.5, 0.6) is 0 Å². The van der Waals surface area contributed by atoms with Gasteiger partial charge in [-0.25, -0.2) is 0 Å². The minimum Gasteiger partial charge on any atom is -0.316 e. The van der Waals surface area contributed by atoms with Crippen LogP contribution in [-0.2, 0) is 0 Å². The van der Waals surface area contributed by atoms with Crippen LogP contribution in [0.1, 0.15) is 59.8 Å². The monoisotopic (exact) mass is 254 g/mol. The van der Waals surface area contributed by atoms with E-state index in [4.69, 9.17) is 0 Å². The van der Waals surface area contributed by atoms with Gasteiger partial charge in [0.25, 0.3) is 0 Å². The van der Waals surface area contributed by atoms with Gasteiger partial charge in [0.05, 0.1) is 0 Å². The lowest BCUT2D eigenvalue weighted by Gasteiger charge is -2.35. The summed E-state index contributed by atoms with van der Waals surface area (Å²) in [7, 11) is 0. The Morgan fingerprint density at radius 3 is 2.39 bits per heavy atom. The highest BCUT2D eigenvalue weighted by Gasteiger charge is 2.29. The molecule has 1 unspecified atom stereocenters. The van der Waals surface area contributed by atoms with Gasteiger partial charge in [-0.05, 0) is 50.1 Å². The van der Waals surface area contributed by atoms with E-state index in [1.807, 2.05) is 0 Å². The lowest BCUT2D eigenvalue weighted by atomic mass is 9.84. The molecule has 0 aromatic carbocycles. The van der Waals surface area contributed by atoms with Crippen molar-refractivity contribution in [3.8, 4) is 0 Å². The van der Waals surface area contributed by atoms with Crippen LogP contribution in [0.4, 0.5) is 0 Å². The van der Waals surface area contributed by atoms with E-state index in [0.29, 0.717) is 5.41 Å². The van der Waals surface area contributed by atoms with Gasteiger partial charge in [-0.3, -0.25) is 0 Å². The van der Waals surface area contributed by atoms with Gasteiger partial charge in [-0.15, -0.1) is 0 Å². The van der Waals surface area contributed by atoms with Crippen LogP contribution in [0.3, 0.4) is 0 Å². The second-order valence-corrected chi connectivity index (χ2v) is 6.51. The summed E-state index contributed by atoms with van der Waals surface area (Å²) in [6.07, 6.45) is 6.81. The van der Waals surface area contributed by atoms with Crippen LogP contribution in [-0.4, -0.2) is 37.6 Å². The Bertz CT molecular complexity index is 213. The van der Waals surface area contributed by atoms with E-state index in [1.165, 1.54) is 58.3 Å². The van der Waals surface area contributed by atoms with Crippen molar-refractivity contribution in [3.05, 3.63) is 0 Å². The number of hydrogen-bond donors (Lipinski definition) is 1. The molecule has 18 heavy (non-hydrogen) atoms. The van der Waals surface area contributed by atoms with Crippen LogP contribution in [0.25, 0.3) is 0 Å². The lowest BCUT2D eigenvalue weighted by Crippen LogP contribution is -2.43. The smallest absolute Gasteiger partial charge is 0.00475 e. The Morgan fingerprint density at radius 1 is 1.17 bits per heavy atom. The number of hydrogen-bond acceptors (Lipinski definition) is 2. The van der Waals surface area contributed by atoms with Gasteiger partial charge in [0.2, 0.25) is 0 Å². The largest absolute Gasteiger partial charge is 0.316 e. The Kier molecular flexibility index (Phi) is 7.25. The Morgan fingerprint density at radius 2 is 1.89 bits per heavy atom. The molecule has 1 saturated carbocycles. The van der Waals surface area contributed by atoms with E-state index < -0.39 is 0 Å². The molecular formula is C16H34N2. The number of rotatable bonds is 11. The van der Waals surface area contributed by atoms with Gasteiger partial charge in [0.1, 0.15) is 0 Å². The first-order chi connectivity index (χ1) is 8.63. The maximum Gasteiger partial charge on any atom is 0.00475 e. The fourth-order valence-electron chi connectivity index (χ4n) is 2.90. The molecule has 2 heteroatoms. The molecule has 0 amide bonds. The topological polar surface area (TPSA) is 15.3 Å². The van der Waals surface area contributed by atoms with Gasteiger partial charge >= 0.3 is 0 Å². The Labute approximate surface area is 115 Å². The lowest BCUT2D eigenvalue weighted by molar-refractivity contribution is 0.150. The molecule has 0 radical (unpaired) electrons. The zero-order valence-electron chi connectivity index (χ0n) is 13.1. The summed E-state index contributed by atoms with van der Waals surface area (Å²) in [6, 6.07) is 0. The SMILES string of the molecule is CCCNCC(C)(CCC)CN(CC)CC1CC1. The molecule has 1 aliphatic rings. The first kappa shape index (κ1) is 16.0. The average molecular weight is 254 g/mol. The van der Waals surface area contributed by atoms with Crippen LogP contribution >= 0.6 is 0 Å². The van der Waals surface area contributed by atoms with E-state index in [0.717, 1.165) is 12.5 Å². The normalized spacial score (nSPS) is 19.2. The summed E-state index contributed by atoms with van der Waals surface area (Å²) in [5.74, 6) is 1.01. The van der Waals surface area contributed by atoms with Gasteiger partial charge in [-0.2, -0.15) is 0 Å². The third-order valence-electron chi connectivity index (χ3n) is 4.10. The number of nitrogens with one attached hydrogen (secondary N) is 1. The van der Waals surface area contributed by atoms with Crippen molar-refractivity contribution in [2.24, 2.45) is 11.3 Å².